The van der Waals surface area contributed by atoms with E-state index in [2.05, 4.69) is 9.97 Å². The molecule has 0 bridgehead atoms. The maximum absolute atomic E-state index is 8.70. The summed E-state index contributed by atoms with van der Waals surface area (Å²) in [4.78, 5) is 9.07. The van der Waals surface area contributed by atoms with Crippen LogP contribution in [0.3, 0.4) is 0 Å². The van der Waals surface area contributed by atoms with Crippen LogP contribution in [0.2, 0.25) is 0 Å². The molecule has 0 aromatic carbocycles. The lowest BCUT2D eigenvalue weighted by Gasteiger charge is -2.00. The number of pyridine rings is 1. The second kappa shape index (κ2) is 4.15. The van der Waals surface area contributed by atoms with Gasteiger partial charge in [0.1, 0.15) is 11.8 Å². The first-order chi connectivity index (χ1) is 7.29. The Kier molecular flexibility index (Phi) is 2.70. The maximum atomic E-state index is 8.70. The van der Waals surface area contributed by atoms with Crippen LogP contribution in [-0.2, 0) is 7.05 Å². The van der Waals surface area contributed by atoms with Gasteiger partial charge in [-0.25, -0.2) is 9.97 Å². The zero-order valence-corrected chi connectivity index (χ0v) is 8.90. The van der Waals surface area contributed by atoms with E-state index in [1.165, 1.54) is 11.8 Å². The number of aryl methyl sites for hydroxylation is 1. The average molecular weight is 216 g/mol. The van der Waals surface area contributed by atoms with E-state index in [1.807, 2.05) is 29.9 Å². The van der Waals surface area contributed by atoms with Crippen LogP contribution in [0.5, 0.6) is 0 Å². The molecule has 0 unspecified atom stereocenters. The summed E-state index contributed by atoms with van der Waals surface area (Å²) in [7, 11) is 1.93. The topological polar surface area (TPSA) is 54.5 Å². The smallest absolute Gasteiger partial charge is 0.172 e. The fraction of sp³-hybridized carbons (Fsp3) is 0.100. The molecular weight excluding hydrogens is 208 g/mol. The summed E-state index contributed by atoms with van der Waals surface area (Å²) in [6, 6.07) is 5.62. The molecular formula is C10H8N4S. The van der Waals surface area contributed by atoms with E-state index in [1.54, 1.807) is 18.5 Å². The van der Waals surface area contributed by atoms with Gasteiger partial charge < -0.3 is 4.57 Å². The molecule has 0 radical (unpaired) electrons. The van der Waals surface area contributed by atoms with Crippen molar-refractivity contribution >= 4 is 11.8 Å². The Morgan fingerprint density at radius 2 is 2.27 bits per heavy atom. The van der Waals surface area contributed by atoms with Gasteiger partial charge in [-0.2, -0.15) is 5.26 Å². The predicted octanol–water partition coefficient (Wildman–Crippen LogP) is 1.84. The molecule has 4 nitrogen and oxygen atoms in total. The normalized spacial score (nSPS) is 9.87. The monoisotopic (exact) mass is 216 g/mol. The zero-order valence-electron chi connectivity index (χ0n) is 8.08. The summed E-state index contributed by atoms with van der Waals surface area (Å²) in [5.74, 6) is 0. The fourth-order valence-electron chi connectivity index (χ4n) is 1.09. The van der Waals surface area contributed by atoms with Gasteiger partial charge in [-0.3, -0.25) is 0 Å². The van der Waals surface area contributed by atoms with Crippen LogP contribution in [0.25, 0.3) is 0 Å². The molecule has 0 saturated carbocycles. The average Bonchev–Trinajstić information content (AvgIpc) is 2.65. The predicted molar refractivity (Wildman–Crippen MR) is 56.3 cm³/mol. The lowest BCUT2D eigenvalue weighted by atomic mass is 10.4. The minimum atomic E-state index is 0.425. The van der Waals surface area contributed by atoms with Crippen molar-refractivity contribution in [3.63, 3.8) is 0 Å². The molecule has 0 aliphatic carbocycles. The molecule has 0 fully saturated rings. The molecule has 5 heteroatoms. The standard InChI is InChI=1S/C10H8N4S/c1-14-5-4-13-10(14)15-9-2-3-12-8(6-9)7-11/h2-6H,1H3. The first-order valence-corrected chi connectivity index (χ1v) is 5.12. The molecule has 0 aliphatic heterocycles. The molecule has 2 aromatic heterocycles. The third kappa shape index (κ3) is 2.17. The van der Waals surface area contributed by atoms with Crippen molar-refractivity contribution in [2.24, 2.45) is 7.05 Å². The van der Waals surface area contributed by atoms with Gasteiger partial charge in [-0.15, -0.1) is 0 Å². The van der Waals surface area contributed by atoms with Gasteiger partial charge in [-0.05, 0) is 12.1 Å². The number of rotatable bonds is 2. The highest BCUT2D eigenvalue weighted by Crippen LogP contribution is 2.25. The van der Waals surface area contributed by atoms with Crippen LogP contribution >= 0.6 is 11.8 Å². The van der Waals surface area contributed by atoms with Gasteiger partial charge >= 0.3 is 0 Å². The second-order valence-corrected chi connectivity index (χ2v) is 3.95. The zero-order chi connectivity index (χ0) is 10.7. The lowest BCUT2D eigenvalue weighted by Crippen LogP contribution is -1.89. The third-order valence-corrected chi connectivity index (χ3v) is 2.90. The SMILES string of the molecule is Cn1ccnc1Sc1ccnc(C#N)c1. The summed E-state index contributed by atoms with van der Waals surface area (Å²) in [6.45, 7) is 0. The molecule has 2 heterocycles. The van der Waals surface area contributed by atoms with Crippen molar-refractivity contribution in [1.29, 1.82) is 5.26 Å². The van der Waals surface area contributed by atoms with Gasteiger partial charge in [0.05, 0.1) is 0 Å². The van der Waals surface area contributed by atoms with E-state index in [-0.39, 0.29) is 0 Å². The number of hydrogen-bond acceptors (Lipinski definition) is 4. The molecule has 2 rings (SSSR count). The second-order valence-electron chi connectivity index (χ2n) is 2.91. The highest BCUT2D eigenvalue weighted by molar-refractivity contribution is 7.99. The van der Waals surface area contributed by atoms with Gasteiger partial charge in [0.2, 0.25) is 0 Å². The van der Waals surface area contributed by atoms with Crippen LogP contribution in [0.1, 0.15) is 5.69 Å². The molecule has 0 atom stereocenters. The quantitative estimate of drug-likeness (QED) is 0.768. The Balaban J connectivity index is 2.25. The molecule has 0 aliphatic rings. The maximum Gasteiger partial charge on any atom is 0.172 e. The van der Waals surface area contributed by atoms with Crippen molar-refractivity contribution in [3.8, 4) is 6.07 Å². The van der Waals surface area contributed by atoms with Crippen molar-refractivity contribution in [3.05, 3.63) is 36.4 Å². The summed E-state index contributed by atoms with van der Waals surface area (Å²) in [5.41, 5.74) is 0.425. The highest BCUT2D eigenvalue weighted by Gasteiger charge is 2.03. The van der Waals surface area contributed by atoms with Crippen LogP contribution in [0.15, 0.2) is 40.8 Å². The number of nitriles is 1. The van der Waals surface area contributed by atoms with Crippen LogP contribution in [-0.4, -0.2) is 14.5 Å². The van der Waals surface area contributed by atoms with E-state index in [0.717, 1.165) is 10.1 Å². The van der Waals surface area contributed by atoms with Crippen molar-refractivity contribution in [2.45, 2.75) is 10.1 Å². The van der Waals surface area contributed by atoms with Crippen LogP contribution < -0.4 is 0 Å². The molecule has 0 amide bonds. The Hall–Kier alpha value is -1.80. The number of hydrogen-bond donors (Lipinski definition) is 0. The van der Waals surface area contributed by atoms with Crippen molar-refractivity contribution in [2.75, 3.05) is 0 Å². The Morgan fingerprint density at radius 1 is 1.40 bits per heavy atom. The number of nitrogens with zero attached hydrogens (tertiary/aromatic N) is 4. The minimum absolute atomic E-state index is 0.425. The third-order valence-electron chi connectivity index (χ3n) is 1.83. The molecule has 74 valence electrons. The Morgan fingerprint density at radius 3 is 2.93 bits per heavy atom. The van der Waals surface area contributed by atoms with Gasteiger partial charge in [0, 0.05) is 30.5 Å². The Bertz CT molecular complexity index is 512. The molecule has 15 heavy (non-hydrogen) atoms. The minimum Gasteiger partial charge on any atom is -0.329 e. The molecule has 0 saturated heterocycles. The van der Waals surface area contributed by atoms with Crippen molar-refractivity contribution < 1.29 is 0 Å². The lowest BCUT2D eigenvalue weighted by molar-refractivity contribution is 0.790. The van der Waals surface area contributed by atoms with E-state index in [4.69, 9.17) is 5.26 Å². The number of aromatic nitrogens is 3. The van der Waals surface area contributed by atoms with E-state index in [9.17, 15) is 0 Å². The molecule has 2 aromatic rings. The largest absolute Gasteiger partial charge is 0.329 e. The van der Waals surface area contributed by atoms with Gasteiger partial charge in [-0.1, -0.05) is 11.8 Å². The number of imidazole rings is 1. The summed E-state index contributed by atoms with van der Waals surface area (Å²) >= 11 is 1.51. The van der Waals surface area contributed by atoms with Gasteiger partial charge in [0.25, 0.3) is 0 Å². The van der Waals surface area contributed by atoms with E-state index < -0.39 is 0 Å². The van der Waals surface area contributed by atoms with Crippen molar-refractivity contribution in [1.82, 2.24) is 14.5 Å². The first-order valence-electron chi connectivity index (χ1n) is 4.31. The molecule has 0 spiro atoms. The van der Waals surface area contributed by atoms with E-state index in [0.29, 0.717) is 5.69 Å². The summed E-state index contributed by atoms with van der Waals surface area (Å²) < 4.78 is 1.93. The molecule has 0 N–H and O–H groups in total. The summed E-state index contributed by atoms with van der Waals surface area (Å²) in [5, 5.41) is 9.59. The van der Waals surface area contributed by atoms with Gasteiger partial charge in [0.15, 0.2) is 5.16 Å². The van der Waals surface area contributed by atoms with Crippen LogP contribution in [0, 0.1) is 11.3 Å². The van der Waals surface area contributed by atoms with Crippen LogP contribution in [0.4, 0.5) is 0 Å². The Labute approximate surface area is 91.6 Å². The van der Waals surface area contributed by atoms with E-state index >= 15 is 0 Å². The first kappa shape index (κ1) is 9.74. The summed E-state index contributed by atoms with van der Waals surface area (Å²) in [6.07, 6.45) is 5.26. The fourth-order valence-corrected chi connectivity index (χ4v) is 1.92. The highest BCUT2D eigenvalue weighted by atomic mass is 32.2.